The van der Waals surface area contributed by atoms with E-state index in [1.807, 2.05) is 13.1 Å². The topological polar surface area (TPSA) is 129 Å². The lowest BCUT2D eigenvalue weighted by Crippen LogP contribution is -2.37. The summed E-state index contributed by atoms with van der Waals surface area (Å²) < 4.78 is 1.73. The molecular weight excluding hydrogens is 398 g/mol. The molecule has 0 unspecified atom stereocenters. The zero-order valence-corrected chi connectivity index (χ0v) is 17.3. The third-order valence-electron chi connectivity index (χ3n) is 5.51. The van der Waals surface area contributed by atoms with Crippen molar-refractivity contribution in [3.63, 3.8) is 0 Å². The van der Waals surface area contributed by atoms with Crippen LogP contribution in [0.1, 0.15) is 35.3 Å². The maximum absolute atomic E-state index is 12.3. The Labute approximate surface area is 178 Å². The van der Waals surface area contributed by atoms with Gasteiger partial charge in [-0.1, -0.05) is 0 Å². The molecule has 160 valence electrons. The predicted molar refractivity (Wildman–Crippen MR) is 115 cm³/mol. The third kappa shape index (κ3) is 3.74. The van der Waals surface area contributed by atoms with Gasteiger partial charge in [-0.3, -0.25) is 9.59 Å². The van der Waals surface area contributed by atoms with E-state index in [2.05, 4.69) is 47.2 Å². The first-order valence-corrected chi connectivity index (χ1v) is 10.3. The van der Waals surface area contributed by atoms with Crippen LogP contribution in [-0.4, -0.2) is 56.7 Å². The summed E-state index contributed by atoms with van der Waals surface area (Å²) in [7, 11) is 1.51. The summed E-state index contributed by atoms with van der Waals surface area (Å²) in [6, 6.07) is 3.67. The number of fused-ring (bicyclic) bond motifs is 1. The third-order valence-corrected chi connectivity index (χ3v) is 5.51. The molecule has 11 nitrogen and oxygen atoms in total. The average molecular weight is 421 g/mol. The van der Waals surface area contributed by atoms with Gasteiger partial charge < -0.3 is 20.9 Å². The van der Waals surface area contributed by atoms with Crippen LogP contribution in [0.15, 0.2) is 18.3 Å². The van der Waals surface area contributed by atoms with E-state index in [0.29, 0.717) is 11.6 Å². The van der Waals surface area contributed by atoms with Gasteiger partial charge in [0.05, 0.1) is 17.6 Å². The zero-order chi connectivity index (χ0) is 21.5. The minimum atomic E-state index is -0.407. The molecule has 1 saturated carbocycles. The number of nitrogens with one attached hydrogen (secondary N) is 3. The lowest BCUT2D eigenvalue weighted by Gasteiger charge is -2.33. The number of amides is 2. The SMILES string of the molecule is CNC(=O)c1nnc(NC(=O)C2CC2)cc1Nc1nc2c(C)cc(N3CCC3)cn2n1. The zero-order valence-electron chi connectivity index (χ0n) is 17.3. The molecule has 5 rings (SSSR count). The number of carbonyl (C=O) groups excluding carboxylic acids is 2. The van der Waals surface area contributed by atoms with Gasteiger partial charge in [0.25, 0.3) is 5.91 Å². The van der Waals surface area contributed by atoms with E-state index in [4.69, 9.17) is 0 Å². The van der Waals surface area contributed by atoms with Crippen LogP contribution in [0.5, 0.6) is 0 Å². The number of nitrogens with zero attached hydrogens (tertiary/aromatic N) is 6. The minimum absolute atomic E-state index is 0.0283. The summed E-state index contributed by atoms with van der Waals surface area (Å²) in [5.41, 5.74) is 3.27. The van der Waals surface area contributed by atoms with Crippen molar-refractivity contribution in [1.29, 1.82) is 0 Å². The largest absolute Gasteiger partial charge is 0.370 e. The van der Waals surface area contributed by atoms with Crippen LogP contribution in [0.25, 0.3) is 5.65 Å². The monoisotopic (exact) mass is 421 g/mol. The maximum Gasteiger partial charge on any atom is 0.273 e. The van der Waals surface area contributed by atoms with Crippen molar-refractivity contribution in [2.75, 3.05) is 35.7 Å². The first-order chi connectivity index (χ1) is 15.0. The van der Waals surface area contributed by atoms with Crippen molar-refractivity contribution >= 4 is 40.6 Å². The molecule has 2 fully saturated rings. The Morgan fingerprint density at radius 1 is 1.16 bits per heavy atom. The fourth-order valence-electron chi connectivity index (χ4n) is 3.46. The Hall–Kier alpha value is -3.76. The number of aryl methyl sites for hydroxylation is 1. The molecule has 2 amide bonds. The summed E-state index contributed by atoms with van der Waals surface area (Å²) in [6.45, 7) is 4.07. The van der Waals surface area contributed by atoms with Crippen LogP contribution in [0.4, 0.5) is 23.1 Å². The molecule has 1 aliphatic carbocycles. The molecule has 4 heterocycles. The van der Waals surface area contributed by atoms with Crippen molar-refractivity contribution in [2.24, 2.45) is 5.92 Å². The van der Waals surface area contributed by atoms with Gasteiger partial charge in [0.2, 0.25) is 11.9 Å². The number of anilines is 4. The standard InChI is InChI=1S/C20H23N9O2/c1-11-8-13(28-6-3-7-28)10-29-17(11)24-20(27-29)22-14-9-15(23-18(30)12-4-5-12)25-26-16(14)19(31)21-2/h8-10,12H,3-7H2,1-2H3,(H,21,31)(H2,22,23,25,27,30). The second kappa shape index (κ2) is 7.49. The molecule has 31 heavy (non-hydrogen) atoms. The molecule has 11 heteroatoms. The summed E-state index contributed by atoms with van der Waals surface area (Å²) in [5, 5.41) is 20.9. The van der Waals surface area contributed by atoms with E-state index in [9.17, 15) is 9.59 Å². The molecular formula is C20H23N9O2. The molecule has 0 spiro atoms. The second-order valence-electron chi connectivity index (χ2n) is 7.89. The number of pyridine rings is 1. The highest BCUT2D eigenvalue weighted by Gasteiger charge is 2.30. The van der Waals surface area contributed by atoms with Crippen LogP contribution < -0.4 is 20.9 Å². The van der Waals surface area contributed by atoms with Gasteiger partial charge in [-0.15, -0.1) is 15.3 Å². The quantitative estimate of drug-likeness (QED) is 0.546. The van der Waals surface area contributed by atoms with Crippen LogP contribution in [-0.2, 0) is 4.79 Å². The summed E-state index contributed by atoms with van der Waals surface area (Å²) in [4.78, 5) is 31.2. The Balaban J connectivity index is 1.46. The fourth-order valence-corrected chi connectivity index (χ4v) is 3.46. The van der Waals surface area contributed by atoms with Crippen LogP contribution in [0, 0.1) is 12.8 Å². The number of hydrogen-bond donors (Lipinski definition) is 3. The lowest BCUT2D eigenvalue weighted by atomic mass is 10.2. The van der Waals surface area contributed by atoms with E-state index in [1.165, 1.54) is 13.5 Å². The van der Waals surface area contributed by atoms with Gasteiger partial charge in [-0.2, -0.15) is 4.98 Å². The van der Waals surface area contributed by atoms with Gasteiger partial charge in [0.15, 0.2) is 17.2 Å². The minimum Gasteiger partial charge on any atom is -0.370 e. The molecule has 0 aromatic carbocycles. The van der Waals surface area contributed by atoms with Gasteiger partial charge in [-0.05, 0) is 37.8 Å². The maximum atomic E-state index is 12.3. The van der Waals surface area contributed by atoms with E-state index in [-0.39, 0.29) is 23.3 Å². The molecule has 0 radical (unpaired) electrons. The fraction of sp³-hybridized carbons (Fsp3) is 0.400. The number of aromatic nitrogens is 5. The lowest BCUT2D eigenvalue weighted by molar-refractivity contribution is -0.117. The summed E-state index contributed by atoms with van der Waals surface area (Å²) >= 11 is 0. The molecule has 1 aliphatic heterocycles. The van der Waals surface area contributed by atoms with Crippen molar-refractivity contribution in [3.05, 3.63) is 29.6 Å². The first-order valence-electron chi connectivity index (χ1n) is 10.3. The highest BCUT2D eigenvalue weighted by atomic mass is 16.2. The summed E-state index contributed by atoms with van der Waals surface area (Å²) in [5.74, 6) is 0.122. The van der Waals surface area contributed by atoms with Crippen LogP contribution >= 0.6 is 0 Å². The van der Waals surface area contributed by atoms with Crippen LogP contribution in [0.2, 0.25) is 0 Å². The smallest absolute Gasteiger partial charge is 0.273 e. The number of rotatable bonds is 6. The Kier molecular flexibility index (Phi) is 4.64. The van der Waals surface area contributed by atoms with Crippen molar-refractivity contribution < 1.29 is 9.59 Å². The first kappa shape index (κ1) is 19.2. The van der Waals surface area contributed by atoms with E-state index < -0.39 is 5.91 Å². The molecule has 1 saturated heterocycles. The predicted octanol–water partition coefficient (Wildman–Crippen LogP) is 1.49. The Morgan fingerprint density at radius 2 is 1.97 bits per heavy atom. The molecule has 3 aromatic rings. The van der Waals surface area contributed by atoms with Gasteiger partial charge in [-0.25, -0.2) is 4.52 Å². The van der Waals surface area contributed by atoms with Gasteiger partial charge >= 0.3 is 0 Å². The molecule has 3 N–H and O–H groups in total. The highest BCUT2D eigenvalue weighted by molar-refractivity contribution is 5.99. The van der Waals surface area contributed by atoms with E-state index in [0.717, 1.165) is 42.8 Å². The highest BCUT2D eigenvalue weighted by Crippen LogP contribution is 2.30. The Morgan fingerprint density at radius 3 is 2.65 bits per heavy atom. The molecule has 0 atom stereocenters. The average Bonchev–Trinajstić information content (AvgIpc) is 3.47. The summed E-state index contributed by atoms with van der Waals surface area (Å²) in [6.07, 6.45) is 4.90. The normalized spacial score (nSPS) is 15.5. The van der Waals surface area contributed by atoms with Crippen molar-refractivity contribution in [3.8, 4) is 0 Å². The molecule has 0 bridgehead atoms. The second-order valence-corrected chi connectivity index (χ2v) is 7.89. The van der Waals surface area contributed by atoms with Crippen molar-refractivity contribution in [2.45, 2.75) is 26.2 Å². The number of hydrogen-bond acceptors (Lipinski definition) is 8. The molecule has 2 aliphatic rings. The molecule has 3 aromatic heterocycles. The van der Waals surface area contributed by atoms with Crippen LogP contribution in [0.3, 0.4) is 0 Å². The van der Waals surface area contributed by atoms with E-state index in [1.54, 1.807) is 10.6 Å². The van der Waals surface area contributed by atoms with E-state index >= 15 is 0 Å². The van der Waals surface area contributed by atoms with Gasteiger partial charge in [0.1, 0.15) is 0 Å². The number of carbonyl (C=O) groups is 2. The van der Waals surface area contributed by atoms with Crippen molar-refractivity contribution in [1.82, 2.24) is 30.1 Å². The Bertz CT molecular complexity index is 1180. The van der Waals surface area contributed by atoms with Gasteiger partial charge in [0, 0.05) is 32.1 Å².